The van der Waals surface area contributed by atoms with Gasteiger partial charge in [0.1, 0.15) is 5.75 Å². The molecule has 0 aliphatic carbocycles. The van der Waals surface area contributed by atoms with Crippen LogP contribution in [-0.2, 0) is 0 Å². The molecule has 0 spiro atoms. The monoisotopic (exact) mass is 334 g/mol. The number of aliphatic hydroxyl groups excluding tert-OH is 1. The van der Waals surface area contributed by atoms with Crippen LogP contribution in [0.25, 0.3) is 0 Å². The van der Waals surface area contributed by atoms with Crippen LogP contribution in [-0.4, -0.2) is 36.6 Å². The van der Waals surface area contributed by atoms with Crippen LogP contribution in [0, 0.1) is 12.8 Å². The van der Waals surface area contributed by atoms with Gasteiger partial charge in [-0.2, -0.15) is 13.2 Å². The average Bonchev–Trinajstić information content (AvgIpc) is 2.45. The molecule has 23 heavy (non-hydrogen) atoms. The van der Waals surface area contributed by atoms with Gasteiger partial charge in [-0.25, -0.2) is 4.79 Å². The van der Waals surface area contributed by atoms with Gasteiger partial charge in [-0.05, 0) is 37.5 Å². The van der Waals surface area contributed by atoms with Crippen LogP contribution in [0.3, 0.4) is 0 Å². The third-order valence-corrected chi connectivity index (χ3v) is 3.28. The first-order chi connectivity index (χ1) is 10.6. The number of aliphatic hydroxyl groups is 1. The molecule has 0 fully saturated rings. The number of hydrogen-bond donors (Lipinski definition) is 3. The van der Waals surface area contributed by atoms with Crippen molar-refractivity contribution in [3.05, 3.63) is 23.8 Å². The van der Waals surface area contributed by atoms with E-state index in [0.29, 0.717) is 5.56 Å². The Labute approximate surface area is 132 Å². The summed E-state index contributed by atoms with van der Waals surface area (Å²) in [4.78, 5) is 11.9. The van der Waals surface area contributed by atoms with Gasteiger partial charge in [-0.1, -0.05) is 13.0 Å². The number of aryl methyl sites for hydroxylation is 1. The molecule has 130 valence electrons. The lowest BCUT2D eigenvalue weighted by atomic mass is 10.1. The van der Waals surface area contributed by atoms with Crippen molar-refractivity contribution in [2.45, 2.75) is 33.0 Å². The lowest BCUT2D eigenvalue weighted by Crippen LogP contribution is -2.40. The fraction of sp³-hybridized carbons (Fsp3) is 0.533. The summed E-state index contributed by atoms with van der Waals surface area (Å²) < 4.78 is 41.6. The van der Waals surface area contributed by atoms with E-state index in [4.69, 9.17) is 9.84 Å². The summed E-state index contributed by atoms with van der Waals surface area (Å²) in [6.07, 6.45) is -4.46. The molecule has 0 heterocycles. The molecule has 2 unspecified atom stereocenters. The maximum Gasteiger partial charge on any atom is 0.422 e. The number of rotatable bonds is 6. The topological polar surface area (TPSA) is 70.6 Å². The summed E-state index contributed by atoms with van der Waals surface area (Å²) in [5.74, 6) is -0.208. The fourth-order valence-electron chi connectivity index (χ4n) is 1.68. The standard InChI is InChI=1S/C15H21F3N2O3/c1-9-4-5-12(13(6-9)23-8-15(16,17)18)20-14(22)19-11(3)10(2)7-21/h4-6,10-11,21H,7-8H2,1-3H3,(H2,19,20,22). The summed E-state index contributed by atoms with van der Waals surface area (Å²) >= 11 is 0. The highest BCUT2D eigenvalue weighted by Gasteiger charge is 2.29. The molecule has 0 saturated carbocycles. The van der Waals surface area contributed by atoms with E-state index in [1.807, 2.05) is 0 Å². The highest BCUT2D eigenvalue weighted by Crippen LogP contribution is 2.27. The Morgan fingerprint density at radius 2 is 2.00 bits per heavy atom. The number of anilines is 1. The van der Waals surface area contributed by atoms with Crippen LogP contribution in [0.2, 0.25) is 0 Å². The van der Waals surface area contributed by atoms with Crippen LogP contribution in [0.4, 0.5) is 23.7 Å². The Kier molecular flexibility index (Phi) is 6.68. The molecule has 1 rings (SSSR count). The van der Waals surface area contributed by atoms with Crippen LogP contribution in [0.1, 0.15) is 19.4 Å². The molecule has 2 amide bonds. The molecule has 3 N–H and O–H groups in total. The maximum absolute atomic E-state index is 12.3. The van der Waals surface area contributed by atoms with Gasteiger partial charge in [-0.15, -0.1) is 0 Å². The van der Waals surface area contributed by atoms with Crippen LogP contribution in [0.15, 0.2) is 18.2 Å². The minimum atomic E-state index is -4.46. The molecule has 1 aromatic carbocycles. The summed E-state index contributed by atoms with van der Waals surface area (Å²) in [5.41, 5.74) is 0.844. The van der Waals surface area contributed by atoms with Crippen molar-refractivity contribution in [1.29, 1.82) is 0 Å². The lowest BCUT2D eigenvalue weighted by Gasteiger charge is -2.20. The zero-order chi connectivity index (χ0) is 17.6. The number of ether oxygens (including phenoxy) is 1. The first-order valence-corrected chi connectivity index (χ1v) is 7.11. The van der Waals surface area contributed by atoms with Crippen LogP contribution < -0.4 is 15.4 Å². The smallest absolute Gasteiger partial charge is 0.422 e. The van der Waals surface area contributed by atoms with Gasteiger partial charge in [0.05, 0.1) is 5.69 Å². The predicted molar refractivity (Wildman–Crippen MR) is 80.6 cm³/mol. The second-order valence-corrected chi connectivity index (χ2v) is 5.45. The van der Waals surface area contributed by atoms with Gasteiger partial charge in [0.25, 0.3) is 0 Å². The van der Waals surface area contributed by atoms with Crippen molar-refractivity contribution >= 4 is 11.7 Å². The predicted octanol–water partition coefficient (Wildman–Crippen LogP) is 3.07. The van der Waals surface area contributed by atoms with Gasteiger partial charge >= 0.3 is 12.2 Å². The molecule has 0 aromatic heterocycles. The number of hydrogen-bond acceptors (Lipinski definition) is 3. The second-order valence-electron chi connectivity index (χ2n) is 5.45. The number of amides is 2. The van der Waals surface area contributed by atoms with E-state index in [2.05, 4.69) is 10.6 Å². The van der Waals surface area contributed by atoms with Gasteiger partial charge < -0.3 is 20.5 Å². The Hall–Kier alpha value is -1.96. The molecule has 2 atom stereocenters. The van der Waals surface area contributed by atoms with E-state index in [1.54, 1.807) is 26.8 Å². The van der Waals surface area contributed by atoms with Crippen molar-refractivity contribution in [3.63, 3.8) is 0 Å². The fourth-order valence-corrected chi connectivity index (χ4v) is 1.68. The van der Waals surface area contributed by atoms with Gasteiger partial charge in [0.2, 0.25) is 0 Å². The molecule has 1 aromatic rings. The normalized spacial score (nSPS) is 14.0. The quantitative estimate of drug-likeness (QED) is 0.749. The maximum atomic E-state index is 12.3. The first kappa shape index (κ1) is 19.1. The van der Waals surface area contributed by atoms with Crippen molar-refractivity contribution in [1.82, 2.24) is 5.32 Å². The van der Waals surface area contributed by atoms with Crippen LogP contribution >= 0.6 is 0 Å². The highest BCUT2D eigenvalue weighted by atomic mass is 19.4. The minimum Gasteiger partial charge on any atom is -0.482 e. The number of halogens is 3. The number of carbonyl (C=O) groups is 1. The third-order valence-electron chi connectivity index (χ3n) is 3.28. The van der Waals surface area contributed by atoms with E-state index >= 15 is 0 Å². The Bertz CT molecular complexity index is 535. The largest absolute Gasteiger partial charge is 0.482 e. The summed E-state index contributed by atoms with van der Waals surface area (Å²) in [6, 6.07) is 3.65. The number of urea groups is 1. The molecule has 8 heteroatoms. The van der Waals surface area contributed by atoms with E-state index in [9.17, 15) is 18.0 Å². The van der Waals surface area contributed by atoms with E-state index < -0.39 is 18.8 Å². The Morgan fingerprint density at radius 1 is 1.35 bits per heavy atom. The summed E-state index contributed by atoms with van der Waals surface area (Å²) in [7, 11) is 0. The molecule has 0 radical (unpaired) electrons. The zero-order valence-corrected chi connectivity index (χ0v) is 13.2. The molecule has 0 bridgehead atoms. The van der Waals surface area contributed by atoms with E-state index in [0.717, 1.165) is 0 Å². The van der Waals surface area contributed by atoms with Gasteiger partial charge in [0, 0.05) is 12.6 Å². The number of carbonyl (C=O) groups excluding carboxylic acids is 1. The van der Waals surface area contributed by atoms with Crippen LogP contribution in [0.5, 0.6) is 5.75 Å². The molecular formula is C15H21F3N2O3. The number of alkyl halides is 3. The average molecular weight is 334 g/mol. The minimum absolute atomic E-state index is 0.0552. The van der Waals surface area contributed by atoms with Gasteiger partial charge in [-0.3, -0.25) is 0 Å². The first-order valence-electron chi connectivity index (χ1n) is 7.11. The van der Waals surface area contributed by atoms with Gasteiger partial charge in [0.15, 0.2) is 6.61 Å². The molecule has 5 nitrogen and oxygen atoms in total. The Morgan fingerprint density at radius 3 is 2.57 bits per heavy atom. The van der Waals surface area contributed by atoms with Crippen molar-refractivity contribution < 1.29 is 27.8 Å². The number of nitrogens with one attached hydrogen (secondary N) is 2. The summed E-state index contributed by atoms with van der Waals surface area (Å²) in [5, 5.41) is 14.1. The molecule has 0 aliphatic rings. The molecular weight excluding hydrogens is 313 g/mol. The molecule has 0 aliphatic heterocycles. The SMILES string of the molecule is Cc1ccc(NC(=O)NC(C)C(C)CO)c(OCC(F)(F)F)c1. The number of benzene rings is 1. The van der Waals surface area contributed by atoms with E-state index in [1.165, 1.54) is 12.1 Å². The van der Waals surface area contributed by atoms with E-state index in [-0.39, 0.29) is 30.0 Å². The van der Waals surface area contributed by atoms with Crippen molar-refractivity contribution in [2.75, 3.05) is 18.5 Å². The highest BCUT2D eigenvalue weighted by molar-refractivity contribution is 5.91. The zero-order valence-electron chi connectivity index (χ0n) is 13.2. The molecule has 0 saturated heterocycles. The third kappa shape index (κ3) is 6.77. The van der Waals surface area contributed by atoms with Crippen molar-refractivity contribution in [2.24, 2.45) is 5.92 Å². The van der Waals surface area contributed by atoms with Crippen molar-refractivity contribution in [3.8, 4) is 5.75 Å². The lowest BCUT2D eigenvalue weighted by molar-refractivity contribution is -0.153. The Balaban J connectivity index is 2.77. The summed E-state index contributed by atoms with van der Waals surface area (Å²) in [6.45, 7) is 3.65. The second kappa shape index (κ2) is 8.05.